The standard InChI is InChI=1S/C11H24N2O/c1-9(2)12-6-7-13(10(3)4)11(8-12)14-5/h9-11H,6-8H2,1-5H3/t11-/m0/s1. The Morgan fingerprint density at radius 1 is 1.07 bits per heavy atom. The number of hydrogen-bond acceptors (Lipinski definition) is 3. The summed E-state index contributed by atoms with van der Waals surface area (Å²) in [6, 6.07) is 1.20. The lowest BCUT2D eigenvalue weighted by Crippen LogP contribution is -2.57. The van der Waals surface area contributed by atoms with E-state index < -0.39 is 0 Å². The maximum atomic E-state index is 5.53. The molecule has 84 valence electrons. The minimum atomic E-state index is 0.270. The third-order valence-corrected chi connectivity index (χ3v) is 3.07. The molecular weight excluding hydrogens is 176 g/mol. The minimum Gasteiger partial charge on any atom is -0.365 e. The van der Waals surface area contributed by atoms with Crippen molar-refractivity contribution >= 4 is 0 Å². The molecule has 0 bridgehead atoms. The maximum Gasteiger partial charge on any atom is 0.123 e. The van der Waals surface area contributed by atoms with Crippen molar-refractivity contribution in [3.05, 3.63) is 0 Å². The van der Waals surface area contributed by atoms with Crippen molar-refractivity contribution in [1.82, 2.24) is 9.80 Å². The van der Waals surface area contributed by atoms with Crippen molar-refractivity contribution in [1.29, 1.82) is 0 Å². The van der Waals surface area contributed by atoms with E-state index in [4.69, 9.17) is 4.74 Å². The van der Waals surface area contributed by atoms with Crippen LogP contribution in [0.25, 0.3) is 0 Å². The van der Waals surface area contributed by atoms with Gasteiger partial charge in [-0.3, -0.25) is 9.80 Å². The second-order valence-corrected chi connectivity index (χ2v) is 4.61. The summed E-state index contributed by atoms with van der Waals surface area (Å²) >= 11 is 0. The van der Waals surface area contributed by atoms with Crippen LogP contribution < -0.4 is 0 Å². The molecule has 0 aromatic carbocycles. The fraction of sp³-hybridized carbons (Fsp3) is 1.00. The second-order valence-electron chi connectivity index (χ2n) is 4.61. The van der Waals surface area contributed by atoms with Crippen LogP contribution in [-0.2, 0) is 4.74 Å². The van der Waals surface area contributed by atoms with Gasteiger partial charge >= 0.3 is 0 Å². The van der Waals surface area contributed by atoms with E-state index >= 15 is 0 Å². The molecule has 0 aliphatic carbocycles. The van der Waals surface area contributed by atoms with Gasteiger partial charge in [0, 0.05) is 38.8 Å². The van der Waals surface area contributed by atoms with Gasteiger partial charge < -0.3 is 4.74 Å². The molecule has 1 aliphatic rings. The predicted molar refractivity (Wildman–Crippen MR) is 59.3 cm³/mol. The number of nitrogens with zero attached hydrogens (tertiary/aromatic N) is 2. The van der Waals surface area contributed by atoms with Crippen LogP contribution in [0.2, 0.25) is 0 Å². The average molecular weight is 200 g/mol. The van der Waals surface area contributed by atoms with Gasteiger partial charge in [0.05, 0.1) is 0 Å². The van der Waals surface area contributed by atoms with E-state index in [-0.39, 0.29) is 6.23 Å². The molecule has 0 aromatic rings. The molecule has 1 atom stereocenters. The van der Waals surface area contributed by atoms with Gasteiger partial charge in [0.2, 0.25) is 0 Å². The number of rotatable bonds is 3. The second kappa shape index (κ2) is 5.10. The van der Waals surface area contributed by atoms with Crippen molar-refractivity contribution < 1.29 is 4.74 Å². The van der Waals surface area contributed by atoms with E-state index in [0.717, 1.165) is 19.6 Å². The summed E-state index contributed by atoms with van der Waals surface area (Å²) in [5.41, 5.74) is 0. The molecule has 0 spiro atoms. The molecule has 3 nitrogen and oxygen atoms in total. The Hall–Kier alpha value is -0.120. The minimum absolute atomic E-state index is 0.270. The molecule has 3 heteroatoms. The van der Waals surface area contributed by atoms with Gasteiger partial charge in [-0.2, -0.15) is 0 Å². The van der Waals surface area contributed by atoms with Gasteiger partial charge in [0.25, 0.3) is 0 Å². The highest BCUT2D eigenvalue weighted by Crippen LogP contribution is 2.15. The Bertz CT molecular complexity index is 171. The largest absolute Gasteiger partial charge is 0.365 e. The monoisotopic (exact) mass is 200 g/mol. The predicted octanol–water partition coefficient (Wildman–Crippen LogP) is 1.39. The summed E-state index contributed by atoms with van der Waals surface area (Å²) in [5.74, 6) is 0. The van der Waals surface area contributed by atoms with E-state index in [9.17, 15) is 0 Å². The van der Waals surface area contributed by atoms with E-state index in [1.165, 1.54) is 0 Å². The number of ether oxygens (including phenoxy) is 1. The van der Waals surface area contributed by atoms with Gasteiger partial charge in [-0.1, -0.05) is 0 Å². The van der Waals surface area contributed by atoms with Crippen LogP contribution in [0.5, 0.6) is 0 Å². The molecule has 1 fully saturated rings. The van der Waals surface area contributed by atoms with Crippen molar-refractivity contribution in [3.63, 3.8) is 0 Å². The zero-order valence-corrected chi connectivity index (χ0v) is 10.2. The Kier molecular flexibility index (Phi) is 4.35. The Morgan fingerprint density at radius 3 is 2.14 bits per heavy atom. The first-order chi connectivity index (χ1) is 6.56. The number of methoxy groups -OCH3 is 1. The summed E-state index contributed by atoms with van der Waals surface area (Å²) in [4.78, 5) is 4.91. The molecular formula is C11H24N2O. The molecule has 0 N–H and O–H groups in total. The summed E-state index contributed by atoms with van der Waals surface area (Å²) in [7, 11) is 1.81. The molecule has 0 aromatic heterocycles. The third kappa shape index (κ3) is 2.69. The highest BCUT2D eigenvalue weighted by atomic mass is 16.5. The van der Waals surface area contributed by atoms with Gasteiger partial charge in [-0.05, 0) is 27.7 Å². The van der Waals surface area contributed by atoms with E-state index in [1.54, 1.807) is 0 Å². The molecule has 1 aliphatic heterocycles. The van der Waals surface area contributed by atoms with Crippen LogP contribution in [0.3, 0.4) is 0 Å². The zero-order valence-electron chi connectivity index (χ0n) is 10.2. The Balaban J connectivity index is 2.54. The van der Waals surface area contributed by atoms with Gasteiger partial charge in [-0.25, -0.2) is 0 Å². The summed E-state index contributed by atoms with van der Waals surface area (Å²) in [6.07, 6.45) is 0.270. The van der Waals surface area contributed by atoms with Crippen molar-refractivity contribution in [2.75, 3.05) is 26.7 Å². The quantitative estimate of drug-likeness (QED) is 0.685. The molecule has 1 heterocycles. The fourth-order valence-corrected chi connectivity index (χ4v) is 2.05. The highest BCUT2D eigenvalue weighted by molar-refractivity contribution is 4.80. The van der Waals surface area contributed by atoms with Crippen LogP contribution >= 0.6 is 0 Å². The molecule has 0 unspecified atom stereocenters. The Labute approximate surface area is 88.0 Å². The molecule has 0 radical (unpaired) electrons. The van der Waals surface area contributed by atoms with E-state index in [0.29, 0.717) is 12.1 Å². The number of piperazine rings is 1. The van der Waals surface area contributed by atoms with Crippen molar-refractivity contribution in [2.45, 2.75) is 46.0 Å². The van der Waals surface area contributed by atoms with Crippen LogP contribution in [-0.4, -0.2) is 54.9 Å². The van der Waals surface area contributed by atoms with Crippen LogP contribution in [0.15, 0.2) is 0 Å². The highest BCUT2D eigenvalue weighted by Gasteiger charge is 2.29. The lowest BCUT2D eigenvalue weighted by Gasteiger charge is -2.44. The van der Waals surface area contributed by atoms with E-state index in [1.807, 2.05) is 7.11 Å². The van der Waals surface area contributed by atoms with E-state index in [2.05, 4.69) is 37.5 Å². The normalized spacial score (nSPS) is 26.4. The molecule has 14 heavy (non-hydrogen) atoms. The summed E-state index contributed by atoms with van der Waals surface area (Å²) in [5, 5.41) is 0. The van der Waals surface area contributed by atoms with Crippen LogP contribution in [0, 0.1) is 0 Å². The van der Waals surface area contributed by atoms with Gasteiger partial charge in [0.1, 0.15) is 6.23 Å². The molecule has 0 amide bonds. The lowest BCUT2D eigenvalue weighted by atomic mass is 10.2. The van der Waals surface area contributed by atoms with Gasteiger partial charge in [0.15, 0.2) is 0 Å². The lowest BCUT2D eigenvalue weighted by molar-refractivity contribution is -0.100. The molecule has 0 saturated carbocycles. The first-order valence-corrected chi connectivity index (χ1v) is 5.58. The van der Waals surface area contributed by atoms with Crippen molar-refractivity contribution in [3.8, 4) is 0 Å². The van der Waals surface area contributed by atoms with Gasteiger partial charge in [-0.15, -0.1) is 0 Å². The first kappa shape index (κ1) is 12.0. The maximum absolute atomic E-state index is 5.53. The van der Waals surface area contributed by atoms with Crippen molar-refractivity contribution in [2.24, 2.45) is 0 Å². The number of hydrogen-bond donors (Lipinski definition) is 0. The fourth-order valence-electron chi connectivity index (χ4n) is 2.05. The van der Waals surface area contributed by atoms with Crippen LogP contribution in [0.4, 0.5) is 0 Å². The Morgan fingerprint density at radius 2 is 1.71 bits per heavy atom. The van der Waals surface area contributed by atoms with Crippen LogP contribution in [0.1, 0.15) is 27.7 Å². The SMILES string of the molecule is CO[C@H]1CN(C(C)C)CCN1C(C)C. The third-order valence-electron chi connectivity index (χ3n) is 3.07. The summed E-state index contributed by atoms with van der Waals surface area (Å²) in [6.45, 7) is 12.3. The first-order valence-electron chi connectivity index (χ1n) is 5.58. The average Bonchev–Trinajstić information content (AvgIpc) is 2.16. The smallest absolute Gasteiger partial charge is 0.123 e. The zero-order chi connectivity index (χ0) is 10.7. The molecule has 1 saturated heterocycles. The topological polar surface area (TPSA) is 15.7 Å². The summed E-state index contributed by atoms with van der Waals surface area (Å²) < 4.78 is 5.53. The molecule has 1 rings (SSSR count).